The molecule has 0 radical (unpaired) electrons. The van der Waals surface area contributed by atoms with E-state index >= 15 is 0 Å². The second-order valence-corrected chi connectivity index (χ2v) is 4.37. The van der Waals surface area contributed by atoms with Crippen molar-refractivity contribution in [2.75, 3.05) is 25.1 Å². The van der Waals surface area contributed by atoms with Gasteiger partial charge in [0.15, 0.2) is 0 Å². The number of ether oxygens (including phenoxy) is 2. The fourth-order valence-electron chi connectivity index (χ4n) is 1.83. The van der Waals surface area contributed by atoms with E-state index in [4.69, 9.17) is 14.7 Å². The largest absolute Gasteiger partial charge is 0.494 e. The van der Waals surface area contributed by atoms with Crippen LogP contribution >= 0.6 is 0 Å². The summed E-state index contributed by atoms with van der Waals surface area (Å²) in [6.45, 7) is 3.89. The third kappa shape index (κ3) is 4.73. The molecule has 108 valence electrons. The first-order valence-electron chi connectivity index (χ1n) is 6.91. The van der Waals surface area contributed by atoms with Crippen molar-refractivity contribution in [1.29, 1.82) is 5.26 Å². The lowest BCUT2D eigenvalue weighted by molar-refractivity contribution is 0.333. The molecule has 0 unspecified atom stereocenters. The molecule has 4 heteroatoms. The molecule has 21 heavy (non-hydrogen) atoms. The van der Waals surface area contributed by atoms with E-state index in [1.54, 1.807) is 24.3 Å². The van der Waals surface area contributed by atoms with Gasteiger partial charge in [0.05, 0.1) is 18.2 Å². The van der Waals surface area contributed by atoms with Gasteiger partial charge in [-0.1, -0.05) is 0 Å². The van der Waals surface area contributed by atoms with E-state index in [9.17, 15) is 0 Å². The molecule has 0 amide bonds. The summed E-state index contributed by atoms with van der Waals surface area (Å²) < 4.78 is 11.0. The highest BCUT2D eigenvalue weighted by molar-refractivity contribution is 5.46. The van der Waals surface area contributed by atoms with Crippen LogP contribution in [0.1, 0.15) is 12.5 Å². The monoisotopic (exact) mass is 282 g/mol. The predicted molar refractivity (Wildman–Crippen MR) is 82.8 cm³/mol. The molecule has 0 saturated heterocycles. The molecule has 0 atom stereocenters. The molecule has 2 aromatic rings. The molecule has 0 aliphatic rings. The summed E-state index contributed by atoms with van der Waals surface area (Å²) in [5.74, 6) is 1.64. The smallest absolute Gasteiger partial charge is 0.119 e. The second kappa shape index (κ2) is 7.81. The SMILES string of the molecule is CCOc1ccc(NCCOc2ccc(C#N)cc2)cc1. The topological polar surface area (TPSA) is 54.3 Å². The van der Waals surface area contributed by atoms with Gasteiger partial charge < -0.3 is 14.8 Å². The second-order valence-electron chi connectivity index (χ2n) is 4.37. The van der Waals surface area contributed by atoms with Gasteiger partial charge >= 0.3 is 0 Å². The molecule has 0 bridgehead atoms. The number of benzene rings is 2. The number of nitriles is 1. The van der Waals surface area contributed by atoms with Gasteiger partial charge in [-0.25, -0.2) is 0 Å². The molecular formula is C17H18N2O2. The van der Waals surface area contributed by atoms with Crippen LogP contribution < -0.4 is 14.8 Å². The van der Waals surface area contributed by atoms with Gasteiger partial charge in [-0.15, -0.1) is 0 Å². The normalized spacial score (nSPS) is 9.71. The molecule has 0 aliphatic heterocycles. The van der Waals surface area contributed by atoms with Crippen LogP contribution in [-0.4, -0.2) is 19.8 Å². The van der Waals surface area contributed by atoms with Crippen LogP contribution in [0, 0.1) is 11.3 Å². The van der Waals surface area contributed by atoms with Crippen LogP contribution in [0.4, 0.5) is 5.69 Å². The van der Waals surface area contributed by atoms with Crippen molar-refractivity contribution in [2.45, 2.75) is 6.92 Å². The van der Waals surface area contributed by atoms with Gasteiger partial charge in [-0.3, -0.25) is 0 Å². The maximum atomic E-state index is 8.71. The Kier molecular flexibility index (Phi) is 5.48. The zero-order chi connectivity index (χ0) is 14.9. The summed E-state index contributed by atoms with van der Waals surface area (Å²) >= 11 is 0. The van der Waals surface area contributed by atoms with Gasteiger partial charge in [0.1, 0.15) is 18.1 Å². The molecule has 0 saturated carbocycles. The highest BCUT2D eigenvalue weighted by Gasteiger charge is 1.96. The Morgan fingerprint density at radius 3 is 2.19 bits per heavy atom. The summed E-state index contributed by atoms with van der Waals surface area (Å²) in [5.41, 5.74) is 1.66. The average Bonchev–Trinajstić information content (AvgIpc) is 2.54. The lowest BCUT2D eigenvalue weighted by atomic mass is 10.2. The summed E-state index contributed by atoms with van der Waals surface area (Å²) in [6.07, 6.45) is 0. The van der Waals surface area contributed by atoms with E-state index in [2.05, 4.69) is 11.4 Å². The van der Waals surface area contributed by atoms with Crippen LogP contribution in [0.3, 0.4) is 0 Å². The van der Waals surface area contributed by atoms with Gasteiger partial charge in [-0.2, -0.15) is 5.26 Å². The predicted octanol–water partition coefficient (Wildman–Crippen LogP) is 3.45. The molecule has 4 nitrogen and oxygen atoms in total. The fourth-order valence-corrected chi connectivity index (χ4v) is 1.83. The number of nitrogens with one attached hydrogen (secondary N) is 1. The number of nitrogens with zero attached hydrogens (tertiary/aromatic N) is 1. The van der Waals surface area contributed by atoms with E-state index in [1.165, 1.54) is 0 Å². The van der Waals surface area contributed by atoms with Crippen LogP contribution in [0.15, 0.2) is 48.5 Å². The standard InChI is InChI=1S/C17H18N2O2/c1-2-20-16-9-5-15(6-10-16)19-11-12-21-17-7-3-14(13-18)4-8-17/h3-10,19H,2,11-12H2,1H3. The molecule has 0 fully saturated rings. The lowest BCUT2D eigenvalue weighted by Crippen LogP contribution is -2.11. The molecule has 1 N–H and O–H groups in total. The van der Waals surface area contributed by atoms with Crippen molar-refractivity contribution in [1.82, 2.24) is 0 Å². The van der Waals surface area contributed by atoms with Crippen LogP contribution in [0.25, 0.3) is 0 Å². The van der Waals surface area contributed by atoms with E-state index in [1.807, 2.05) is 31.2 Å². The Morgan fingerprint density at radius 2 is 1.57 bits per heavy atom. The molecule has 0 aliphatic carbocycles. The minimum Gasteiger partial charge on any atom is -0.494 e. The molecule has 0 aromatic heterocycles. The van der Waals surface area contributed by atoms with Gasteiger partial charge in [0, 0.05) is 12.2 Å². The Labute approximate surface area is 124 Å². The van der Waals surface area contributed by atoms with Crippen molar-refractivity contribution >= 4 is 5.69 Å². The zero-order valence-corrected chi connectivity index (χ0v) is 12.0. The van der Waals surface area contributed by atoms with E-state index in [-0.39, 0.29) is 0 Å². The van der Waals surface area contributed by atoms with Crippen LogP contribution in [-0.2, 0) is 0 Å². The average molecular weight is 282 g/mol. The molecule has 2 aromatic carbocycles. The zero-order valence-electron chi connectivity index (χ0n) is 12.0. The van der Waals surface area contributed by atoms with Crippen molar-refractivity contribution in [3.05, 3.63) is 54.1 Å². The highest BCUT2D eigenvalue weighted by Crippen LogP contribution is 2.15. The third-order valence-corrected chi connectivity index (χ3v) is 2.85. The Hall–Kier alpha value is -2.67. The summed E-state index contributed by atoms with van der Waals surface area (Å²) in [6, 6.07) is 17.0. The maximum Gasteiger partial charge on any atom is 0.119 e. The number of hydrogen-bond donors (Lipinski definition) is 1. The first-order chi connectivity index (χ1) is 10.3. The molecule has 0 spiro atoms. The Balaban J connectivity index is 1.72. The minimum absolute atomic E-state index is 0.555. The molecule has 2 rings (SSSR count). The Bertz CT molecular complexity index is 586. The van der Waals surface area contributed by atoms with E-state index in [0.29, 0.717) is 25.3 Å². The van der Waals surface area contributed by atoms with Crippen molar-refractivity contribution in [2.24, 2.45) is 0 Å². The third-order valence-electron chi connectivity index (χ3n) is 2.85. The summed E-state index contributed by atoms with van der Waals surface area (Å²) in [4.78, 5) is 0. The lowest BCUT2D eigenvalue weighted by Gasteiger charge is -2.09. The van der Waals surface area contributed by atoms with Crippen LogP contribution in [0.2, 0.25) is 0 Å². The highest BCUT2D eigenvalue weighted by atomic mass is 16.5. The van der Waals surface area contributed by atoms with Crippen LogP contribution in [0.5, 0.6) is 11.5 Å². The number of hydrogen-bond acceptors (Lipinski definition) is 4. The summed E-state index contributed by atoms with van der Waals surface area (Å²) in [5, 5.41) is 12.0. The van der Waals surface area contributed by atoms with Crippen molar-refractivity contribution in [3.8, 4) is 17.6 Å². The molecule has 0 heterocycles. The maximum absolute atomic E-state index is 8.71. The van der Waals surface area contributed by atoms with Gasteiger partial charge in [0.25, 0.3) is 0 Å². The van der Waals surface area contributed by atoms with Crippen molar-refractivity contribution < 1.29 is 9.47 Å². The summed E-state index contributed by atoms with van der Waals surface area (Å²) in [7, 11) is 0. The first-order valence-corrected chi connectivity index (χ1v) is 6.91. The van der Waals surface area contributed by atoms with E-state index < -0.39 is 0 Å². The fraction of sp³-hybridized carbons (Fsp3) is 0.235. The van der Waals surface area contributed by atoms with Crippen molar-refractivity contribution in [3.63, 3.8) is 0 Å². The van der Waals surface area contributed by atoms with Gasteiger partial charge in [-0.05, 0) is 55.5 Å². The number of anilines is 1. The molecular weight excluding hydrogens is 264 g/mol. The quantitative estimate of drug-likeness (QED) is 0.790. The first kappa shape index (κ1) is 14.7. The Morgan fingerprint density at radius 1 is 0.952 bits per heavy atom. The van der Waals surface area contributed by atoms with Gasteiger partial charge in [0.2, 0.25) is 0 Å². The van der Waals surface area contributed by atoms with E-state index in [0.717, 1.165) is 17.2 Å². The minimum atomic E-state index is 0.555. The number of rotatable bonds is 7.